The van der Waals surface area contributed by atoms with Gasteiger partial charge >= 0.3 is 0 Å². The fourth-order valence-corrected chi connectivity index (χ4v) is 2.82. The van der Waals surface area contributed by atoms with Gasteiger partial charge in [0.05, 0.1) is 0 Å². The van der Waals surface area contributed by atoms with Crippen LogP contribution in [0.2, 0.25) is 0 Å². The van der Waals surface area contributed by atoms with E-state index in [9.17, 15) is 4.79 Å². The van der Waals surface area contributed by atoms with E-state index in [2.05, 4.69) is 50.4 Å². The van der Waals surface area contributed by atoms with E-state index < -0.39 is 5.91 Å². The van der Waals surface area contributed by atoms with Crippen molar-refractivity contribution in [3.05, 3.63) is 76.9 Å². The number of rotatable bonds is 7. The molecular weight excluding hydrogens is 324 g/mol. The summed E-state index contributed by atoms with van der Waals surface area (Å²) in [6.07, 6.45) is 3.88. The molecule has 0 saturated carbocycles. The normalized spacial score (nSPS) is 10.6. The number of anilines is 1. The Morgan fingerprint density at radius 2 is 1.77 bits per heavy atom. The molecule has 2 aromatic rings. The Balaban J connectivity index is 1.96. The molecule has 1 amide bonds. The minimum absolute atomic E-state index is 0.544. The zero-order valence-electron chi connectivity index (χ0n) is 15.5. The number of nitrogens with one attached hydrogen (secondary N) is 2. The number of aryl methyl sites for hydroxylation is 1. The summed E-state index contributed by atoms with van der Waals surface area (Å²) in [5.41, 5.74) is 8.83. The van der Waals surface area contributed by atoms with Crippen molar-refractivity contribution in [1.82, 2.24) is 5.48 Å². The van der Waals surface area contributed by atoms with Gasteiger partial charge in [-0.15, -0.1) is 0 Å². The van der Waals surface area contributed by atoms with Gasteiger partial charge in [-0.05, 0) is 67.7 Å². The zero-order chi connectivity index (χ0) is 18.9. The van der Waals surface area contributed by atoms with E-state index in [1.807, 2.05) is 24.3 Å². The Labute approximate surface area is 155 Å². The van der Waals surface area contributed by atoms with E-state index in [1.54, 1.807) is 11.6 Å². The SMILES string of the molecule is CC(C)=C(CCNc1ccc(/C=C/C(=O)NO)cc1)c1ccccc1C. The summed E-state index contributed by atoms with van der Waals surface area (Å²) in [5.74, 6) is -0.544. The van der Waals surface area contributed by atoms with Crippen LogP contribution >= 0.6 is 0 Å². The molecule has 0 spiro atoms. The molecule has 0 aliphatic carbocycles. The standard InChI is InChI=1S/C22H26N2O2/c1-16(2)20(21-7-5-4-6-17(21)3)14-15-23-19-11-8-18(9-12-19)10-13-22(25)24-26/h4-13,23,26H,14-15H2,1-3H3,(H,24,25)/b13-10+. The van der Waals surface area contributed by atoms with Crippen molar-refractivity contribution in [3.63, 3.8) is 0 Å². The Morgan fingerprint density at radius 1 is 1.08 bits per heavy atom. The molecule has 0 unspecified atom stereocenters. The van der Waals surface area contributed by atoms with Crippen LogP contribution in [0.25, 0.3) is 11.6 Å². The first-order valence-corrected chi connectivity index (χ1v) is 8.69. The van der Waals surface area contributed by atoms with Gasteiger partial charge in [0.25, 0.3) is 5.91 Å². The molecule has 26 heavy (non-hydrogen) atoms. The minimum atomic E-state index is -0.544. The number of amides is 1. The van der Waals surface area contributed by atoms with Crippen molar-refractivity contribution in [2.45, 2.75) is 27.2 Å². The molecule has 136 valence electrons. The molecule has 3 N–H and O–H groups in total. The highest BCUT2D eigenvalue weighted by molar-refractivity contribution is 5.90. The Morgan fingerprint density at radius 3 is 2.38 bits per heavy atom. The van der Waals surface area contributed by atoms with Gasteiger partial charge in [-0.3, -0.25) is 10.0 Å². The monoisotopic (exact) mass is 350 g/mol. The first-order valence-electron chi connectivity index (χ1n) is 8.69. The van der Waals surface area contributed by atoms with Gasteiger partial charge < -0.3 is 5.32 Å². The molecule has 2 rings (SSSR count). The fraction of sp³-hybridized carbons (Fsp3) is 0.227. The first-order chi connectivity index (χ1) is 12.5. The topological polar surface area (TPSA) is 61.4 Å². The number of hydrogen-bond donors (Lipinski definition) is 3. The predicted molar refractivity (Wildman–Crippen MR) is 108 cm³/mol. The Bertz CT molecular complexity index is 801. The van der Waals surface area contributed by atoms with Crippen LogP contribution < -0.4 is 10.8 Å². The fourth-order valence-electron chi connectivity index (χ4n) is 2.82. The van der Waals surface area contributed by atoms with Gasteiger partial charge in [0.15, 0.2) is 0 Å². The third-order valence-electron chi connectivity index (χ3n) is 4.23. The maximum Gasteiger partial charge on any atom is 0.267 e. The Kier molecular flexibility index (Phi) is 7.18. The van der Waals surface area contributed by atoms with Gasteiger partial charge in [0, 0.05) is 18.3 Å². The average Bonchev–Trinajstić information content (AvgIpc) is 2.65. The number of hydroxylamine groups is 1. The predicted octanol–water partition coefficient (Wildman–Crippen LogP) is 4.81. The van der Waals surface area contributed by atoms with Crippen molar-refractivity contribution in [2.75, 3.05) is 11.9 Å². The number of allylic oxidation sites excluding steroid dienone is 1. The molecule has 2 aromatic carbocycles. The van der Waals surface area contributed by atoms with Crippen LogP contribution in [-0.4, -0.2) is 17.7 Å². The second-order valence-electron chi connectivity index (χ2n) is 6.40. The van der Waals surface area contributed by atoms with Crippen LogP contribution in [0.15, 0.2) is 60.2 Å². The summed E-state index contributed by atoms with van der Waals surface area (Å²) in [6.45, 7) is 7.31. The number of benzene rings is 2. The van der Waals surface area contributed by atoms with E-state index in [4.69, 9.17) is 5.21 Å². The summed E-state index contributed by atoms with van der Waals surface area (Å²) in [6, 6.07) is 16.3. The largest absolute Gasteiger partial charge is 0.385 e. The molecule has 0 aromatic heterocycles. The van der Waals surface area contributed by atoms with Crippen LogP contribution in [0.5, 0.6) is 0 Å². The van der Waals surface area contributed by atoms with Gasteiger partial charge in [0.1, 0.15) is 0 Å². The molecule has 0 aliphatic rings. The van der Waals surface area contributed by atoms with E-state index >= 15 is 0 Å². The van der Waals surface area contributed by atoms with Gasteiger partial charge in [0.2, 0.25) is 0 Å². The van der Waals surface area contributed by atoms with Crippen molar-refractivity contribution in [2.24, 2.45) is 0 Å². The maximum absolute atomic E-state index is 11.0. The van der Waals surface area contributed by atoms with E-state index in [0.717, 1.165) is 24.2 Å². The highest BCUT2D eigenvalue weighted by atomic mass is 16.5. The maximum atomic E-state index is 11.0. The molecule has 0 fully saturated rings. The minimum Gasteiger partial charge on any atom is -0.385 e. The van der Waals surface area contributed by atoms with Crippen molar-refractivity contribution in [3.8, 4) is 0 Å². The highest BCUT2D eigenvalue weighted by Crippen LogP contribution is 2.25. The summed E-state index contributed by atoms with van der Waals surface area (Å²) in [5, 5.41) is 11.9. The van der Waals surface area contributed by atoms with Crippen LogP contribution in [-0.2, 0) is 4.79 Å². The van der Waals surface area contributed by atoms with Crippen LogP contribution in [0.4, 0.5) is 5.69 Å². The molecule has 0 radical (unpaired) electrons. The number of carbonyl (C=O) groups excluding carboxylic acids is 1. The molecule has 4 nitrogen and oxygen atoms in total. The van der Waals surface area contributed by atoms with Crippen molar-refractivity contribution in [1.29, 1.82) is 0 Å². The third-order valence-corrected chi connectivity index (χ3v) is 4.23. The molecule has 0 heterocycles. The van der Waals surface area contributed by atoms with Crippen LogP contribution in [0.3, 0.4) is 0 Å². The van der Waals surface area contributed by atoms with Gasteiger partial charge in [-0.2, -0.15) is 0 Å². The van der Waals surface area contributed by atoms with E-state index in [-0.39, 0.29) is 0 Å². The highest BCUT2D eigenvalue weighted by Gasteiger charge is 2.06. The average molecular weight is 350 g/mol. The van der Waals surface area contributed by atoms with Crippen molar-refractivity contribution >= 4 is 23.2 Å². The number of hydrogen-bond acceptors (Lipinski definition) is 3. The van der Waals surface area contributed by atoms with Crippen LogP contribution in [0.1, 0.15) is 37.0 Å². The van der Waals surface area contributed by atoms with Gasteiger partial charge in [-0.1, -0.05) is 42.0 Å². The van der Waals surface area contributed by atoms with Crippen LogP contribution in [0, 0.1) is 6.92 Å². The molecule has 4 heteroatoms. The summed E-state index contributed by atoms with van der Waals surface area (Å²) >= 11 is 0. The van der Waals surface area contributed by atoms with Gasteiger partial charge in [-0.25, -0.2) is 5.48 Å². The molecule has 0 aliphatic heterocycles. The lowest BCUT2D eigenvalue weighted by Crippen LogP contribution is -2.14. The second kappa shape index (κ2) is 9.59. The quantitative estimate of drug-likeness (QED) is 0.381. The molecule has 0 saturated heterocycles. The summed E-state index contributed by atoms with van der Waals surface area (Å²) in [7, 11) is 0. The van der Waals surface area contributed by atoms with E-state index in [1.165, 1.54) is 28.3 Å². The Hall–Kier alpha value is -2.85. The van der Waals surface area contributed by atoms with E-state index in [0.29, 0.717) is 0 Å². The third kappa shape index (κ3) is 5.60. The molecule has 0 atom stereocenters. The lowest BCUT2D eigenvalue weighted by molar-refractivity contribution is -0.124. The lowest BCUT2D eigenvalue weighted by atomic mass is 9.94. The second-order valence-corrected chi connectivity index (χ2v) is 6.40. The molecular formula is C22H26N2O2. The molecule has 0 bridgehead atoms. The zero-order valence-corrected chi connectivity index (χ0v) is 15.5. The smallest absolute Gasteiger partial charge is 0.267 e. The number of carbonyl (C=O) groups is 1. The van der Waals surface area contributed by atoms with Crippen molar-refractivity contribution < 1.29 is 10.0 Å². The summed E-state index contributed by atoms with van der Waals surface area (Å²) < 4.78 is 0. The summed E-state index contributed by atoms with van der Waals surface area (Å²) in [4.78, 5) is 11.0. The lowest BCUT2D eigenvalue weighted by Gasteiger charge is -2.14. The first kappa shape index (κ1) is 19.5.